The Bertz CT molecular complexity index is 1200. The zero-order chi connectivity index (χ0) is 22.6. The van der Waals surface area contributed by atoms with Crippen LogP contribution in [-0.2, 0) is 11.2 Å². The van der Waals surface area contributed by atoms with E-state index in [9.17, 15) is 4.79 Å². The fraction of sp³-hybridized carbons (Fsp3) is 0.276. The molecule has 1 unspecified atom stereocenters. The number of piperazine rings is 1. The monoisotopic (exact) mass is 437 g/mol. The first-order valence-corrected chi connectivity index (χ1v) is 11.9. The highest BCUT2D eigenvalue weighted by Crippen LogP contribution is 2.30. The summed E-state index contributed by atoms with van der Waals surface area (Å²) in [6.45, 7) is 5.45. The summed E-state index contributed by atoms with van der Waals surface area (Å²) in [5, 5.41) is 1.22. The van der Waals surface area contributed by atoms with E-state index in [0.29, 0.717) is 6.42 Å². The van der Waals surface area contributed by atoms with Crippen molar-refractivity contribution in [2.24, 2.45) is 0 Å². The number of carbonyl (C=O) groups excluding carboxylic acids is 1. The minimum atomic E-state index is 0.218. The van der Waals surface area contributed by atoms with Crippen LogP contribution in [0.4, 0.5) is 0 Å². The Kier molecular flexibility index (Phi) is 6.27. The highest BCUT2D eigenvalue weighted by Gasteiger charge is 2.28. The highest BCUT2D eigenvalue weighted by molar-refractivity contribution is 5.84. The zero-order valence-corrected chi connectivity index (χ0v) is 19.2. The van der Waals surface area contributed by atoms with E-state index in [0.717, 1.165) is 38.1 Å². The number of nitrogens with one attached hydrogen (secondary N) is 1. The van der Waals surface area contributed by atoms with Gasteiger partial charge >= 0.3 is 0 Å². The van der Waals surface area contributed by atoms with Gasteiger partial charge < -0.3 is 9.88 Å². The highest BCUT2D eigenvalue weighted by atomic mass is 16.2. The Hall–Kier alpha value is -3.37. The van der Waals surface area contributed by atoms with Crippen LogP contribution in [0.1, 0.15) is 34.7 Å². The van der Waals surface area contributed by atoms with Crippen molar-refractivity contribution in [2.75, 3.05) is 26.2 Å². The van der Waals surface area contributed by atoms with Gasteiger partial charge in [-0.1, -0.05) is 78.4 Å². The summed E-state index contributed by atoms with van der Waals surface area (Å²) >= 11 is 0. The van der Waals surface area contributed by atoms with E-state index < -0.39 is 0 Å². The van der Waals surface area contributed by atoms with E-state index in [1.54, 1.807) is 0 Å². The summed E-state index contributed by atoms with van der Waals surface area (Å²) in [6, 6.07) is 28.1. The molecular weight excluding hydrogens is 406 g/mol. The summed E-state index contributed by atoms with van der Waals surface area (Å²) < 4.78 is 0. The average Bonchev–Trinajstić information content (AvgIpc) is 3.28. The van der Waals surface area contributed by atoms with E-state index in [4.69, 9.17) is 0 Å². The molecule has 4 heteroatoms. The lowest BCUT2D eigenvalue weighted by molar-refractivity contribution is -0.133. The molecule has 4 aromatic rings. The molecule has 0 spiro atoms. The van der Waals surface area contributed by atoms with Crippen molar-refractivity contribution in [2.45, 2.75) is 25.8 Å². The number of aryl methyl sites for hydroxylation is 2. The Balaban J connectivity index is 1.24. The number of benzene rings is 3. The number of rotatable bonds is 6. The Morgan fingerprint density at radius 1 is 0.848 bits per heavy atom. The van der Waals surface area contributed by atoms with Crippen LogP contribution >= 0.6 is 0 Å². The summed E-state index contributed by atoms with van der Waals surface area (Å²) in [6.07, 6.45) is 3.38. The van der Waals surface area contributed by atoms with Crippen LogP contribution in [0.5, 0.6) is 0 Å². The standard InChI is InChI=1S/C29H31N3O/c1-22-11-13-24(14-12-22)29(23-7-3-2-4-8-23)32-19-17-31(18-20-32)28(33)16-15-25-21-30-27-10-6-5-9-26(25)27/h2-14,21,29-30H,15-20H2,1H3. The zero-order valence-electron chi connectivity index (χ0n) is 19.2. The van der Waals surface area contributed by atoms with Gasteiger partial charge in [0, 0.05) is 49.7 Å². The predicted octanol–water partition coefficient (Wildman–Crippen LogP) is 5.34. The first kappa shape index (κ1) is 21.5. The number of H-pyrrole nitrogens is 1. The van der Waals surface area contributed by atoms with Crippen molar-refractivity contribution in [3.63, 3.8) is 0 Å². The normalized spacial score (nSPS) is 15.6. The fourth-order valence-electron chi connectivity index (χ4n) is 4.97. The van der Waals surface area contributed by atoms with E-state index in [1.807, 2.05) is 17.2 Å². The molecule has 1 N–H and O–H groups in total. The SMILES string of the molecule is Cc1ccc(C(c2ccccc2)N2CCN(C(=O)CCc3c[nH]c4ccccc34)CC2)cc1. The van der Waals surface area contributed by atoms with E-state index in [-0.39, 0.29) is 11.9 Å². The number of nitrogens with zero attached hydrogens (tertiary/aromatic N) is 2. The second-order valence-electron chi connectivity index (χ2n) is 9.00. The maximum atomic E-state index is 13.0. The number of aromatic nitrogens is 1. The molecule has 0 aliphatic carbocycles. The molecule has 1 amide bonds. The van der Waals surface area contributed by atoms with Gasteiger partial charge in [-0.15, -0.1) is 0 Å². The molecule has 4 nitrogen and oxygen atoms in total. The molecule has 1 saturated heterocycles. The smallest absolute Gasteiger partial charge is 0.222 e. The number of amides is 1. The summed E-state index contributed by atoms with van der Waals surface area (Å²) in [7, 11) is 0. The van der Waals surface area contributed by atoms with Crippen molar-refractivity contribution in [3.8, 4) is 0 Å². The van der Waals surface area contributed by atoms with Gasteiger partial charge in [-0.3, -0.25) is 9.69 Å². The molecular formula is C29H31N3O. The third-order valence-corrected chi connectivity index (χ3v) is 6.82. The number of para-hydroxylation sites is 1. The van der Waals surface area contributed by atoms with E-state index >= 15 is 0 Å². The lowest BCUT2D eigenvalue weighted by Crippen LogP contribution is -2.49. The second-order valence-corrected chi connectivity index (χ2v) is 9.00. The maximum Gasteiger partial charge on any atom is 0.222 e. The molecule has 1 aliphatic rings. The molecule has 3 aromatic carbocycles. The largest absolute Gasteiger partial charge is 0.361 e. The number of hydrogen-bond donors (Lipinski definition) is 1. The molecule has 2 heterocycles. The molecule has 168 valence electrons. The van der Waals surface area contributed by atoms with Crippen molar-refractivity contribution < 1.29 is 4.79 Å². The maximum absolute atomic E-state index is 13.0. The minimum Gasteiger partial charge on any atom is -0.361 e. The first-order chi connectivity index (χ1) is 16.2. The molecule has 33 heavy (non-hydrogen) atoms. The number of hydrogen-bond acceptors (Lipinski definition) is 2. The van der Waals surface area contributed by atoms with Gasteiger partial charge in [0.15, 0.2) is 0 Å². The van der Waals surface area contributed by atoms with Crippen LogP contribution in [0.2, 0.25) is 0 Å². The fourth-order valence-corrected chi connectivity index (χ4v) is 4.97. The Morgan fingerprint density at radius 3 is 2.27 bits per heavy atom. The van der Waals surface area contributed by atoms with Crippen molar-refractivity contribution in [3.05, 3.63) is 107 Å². The number of carbonyl (C=O) groups is 1. The molecule has 0 radical (unpaired) electrons. The van der Waals surface area contributed by atoms with Gasteiger partial charge in [0.05, 0.1) is 6.04 Å². The summed E-state index contributed by atoms with van der Waals surface area (Å²) in [5.41, 5.74) is 6.25. The third-order valence-electron chi connectivity index (χ3n) is 6.82. The van der Waals surface area contributed by atoms with Crippen LogP contribution < -0.4 is 0 Å². The van der Waals surface area contributed by atoms with Crippen molar-refractivity contribution in [1.82, 2.24) is 14.8 Å². The molecule has 1 atom stereocenters. The Labute approximate surface area is 195 Å². The number of fused-ring (bicyclic) bond motifs is 1. The quantitative estimate of drug-likeness (QED) is 0.442. The van der Waals surface area contributed by atoms with E-state index in [1.165, 1.54) is 27.6 Å². The van der Waals surface area contributed by atoms with Gasteiger partial charge in [0.25, 0.3) is 0 Å². The minimum absolute atomic E-state index is 0.218. The van der Waals surface area contributed by atoms with Crippen LogP contribution in [-0.4, -0.2) is 46.9 Å². The molecule has 1 fully saturated rings. The van der Waals surface area contributed by atoms with Gasteiger partial charge in [0.1, 0.15) is 0 Å². The van der Waals surface area contributed by atoms with E-state index in [2.05, 4.69) is 89.6 Å². The van der Waals surface area contributed by atoms with Crippen LogP contribution in [0.15, 0.2) is 85.1 Å². The van der Waals surface area contributed by atoms with Gasteiger partial charge in [0.2, 0.25) is 5.91 Å². The van der Waals surface area contributed by atoms with Crippen LogP contribution in [0.25, 0.3) is 10.9 Å². The third kappa shape index (κ3) is 4.71. The van der Waals surface area contributed by atoms with Crippen molar-refractivity contribution >= 4 is 16.8 Å². The van der Waals surface area contributed by atoms with Crippen molar-refractivity contribution in [1.29, 1.82) is 0 Å². The average molecular weight is 438 g/mol. The van der Waals surface area contributed by atoms with Crippen LogP contribution in [0, 0.1) is 6.92 Å². The predicted molar refractivity (Wildman–Crippen MR) is 134 cm³/mol. The second kappa shape index (κ2) is 9.63. The lowest BCUT2D eigenvalue weighted by atomic mass is 9.95. The Morgan fingerprint density at radius 2 is 1.52 bits per heavy atom. The van der Waals surface area contributed by atoms with Gasteiger partial charge in [-0.05, 0) is 36.1 Å². The molecule has 1 aromatic heterocycles. The summed E-state index contributed by atoms with van der Waals surface area (Å²) in [4.78, 5) is 20.9. The number of aromatic amines is 1. The lowest BCUT2D eigenvalue weighted by Gasteiger charge is -2.40. The molecule has 0 bridgehead atoms. The van der Waals surface area contributed by atoms with Gasteiger partial charge in [-0.25, -0.2) is 0 Å². The topological polar surface area (TPSA) is 39.3 Å². The van der Waals surface area contributed by atoms with Gasteiger partial charge in [-0.2, -0.15) is 0 Å². The summed E-state index contributed by atoms with van der Waals surface area (Å²) in [5.74, 6) is 0.256. The molecule has 0 saturated carbocycles. The molecule has 5 rings (SSSR count). The van der Waals surface area contributed by atoms with Crippen LogP contribution in [0.3, 0.4) is 0 Å². The molecule has 1 aliphatic heterocycles. The first-order valence-electron chi connectivity index (χ1n) is 11.9.